The monoisotopic (exact) mass is 422 g/mol. The molecule has 0 saturated heterocycles. The van der Waals surface area contributed by atoms with Crippen LogP contribution in [0.1, 0.15) is 11.1 Å². The molecule has 0 fully saturated rings. The van der Waals surface area contributed by atoms with Crippen LogP contribution in [-0.4, -0.2) is 11.6 Å². The molecule has 0 radical (unpaired) electrons. The maximum Gasteiger partial charge on any atom is 0.159 e. The number of benzene rings is 3. The maximum atomic E-state index is 11.6. The zero-order valence-electron chi connectivity index (χ0n) is 17.1. The molecule has 1 aromatic heterocycles. The Morgan fingerprint density at radius 2 is 1.16 bits per heavy atom. The van der Waals surface area contributed by atoms with Crippen molar-refractivity contribution in [1.82, 2.24) is 0 Å². The van der Waals surface area contributed by atoms with E-state index in [-0.39, 0.29) is 11.6 Å². The van der Waals surface area contributed by atoms with Crippen LogP contribution in [0.25, 0.3) is 31.7 Å². The molecule has 0 aliphatic carbocycles. The predicted molar refractivity (Wildman–Crippen MR) is 131 cm³/mol. The second kappa shape index (κ2) is 9.07. The number of ketones is 2. The summed E-state index contributed by atoms with van der Waals surface area (Å²) in [6.45, 7) is 7.07. The molecule has 4 rings (SSSR count). The minimum atomic E-state index is 0.0295. The normalized spacial score (nSPS) is 10.7. The summed E-state index contributed by atoms with van der Waals surface area (Å²) in [5.41, 5.74) is 4.31. The van der Waals surface area contributed by atoms with Gasteiger partial charge in [-0.05, 0) is 63.4 Å². The second-order valence-corrected chi connectivity index (χ2v) is 8.54. The van der Waals surface area contributed by atoms with E-state index in [0.29, 0.717) is 12.8 Å². The Bertz CT molecular complexity index is 1290. The molecule has 0 aliphatic rings. The Hall–Kier alpha value is -3.56. The molecule has 0 amide bonds. The first-order chi connectivity index (χ1) is 15.1. The summed E-state index contributed by atoms with van der Waals surface area (Å²) < 4.78 is 0. The lowest BCUT2D eigenvalue weighted by Gasteiger charge is -2.05. The molecule has 0 bridgehead atoms. The number of rotatable bonds is 8. The molecule has 0 saturated carbocycles. The molecule has 4 aromatic rings. The van der Waals surface area contributed by atoms with Gasteiger partial charge < -0.3 is 0 Å². The van der Waals surface area contributed by atoms with Crippen molar-refractivity contribution in [2.45, 2.75) is 12.8 Å². The summed E-state index contributed by atoms with van der Waals surface area (Å²) in [5.74, 6) is 0.0595. The standard InChI is InChI=1S/C28H22O2S/c1-3-25(29)16-19-5-8-21(9-6-19)27-13-14-28(31-27)24-12-11-22-15-20(17-26(30)4-2)7-10-23(22)18-24/h3-15,18H,1-2,16-17H2. The van der Waals surface area contributed by atoms with E-state index in [4.69, 9.17) is 0 Å². The maximum absolute atomic E-state index is 11.6. The smallest absolute Gasteiger partial charge is 0.159 e. The number of fused-ring (bicyclic) bond motifs is 1. The molecule has 152 valence electrons. The zero-order valence-corrected chi connectivity index (χ0v) is 18.0. The van der Waals surface area contributed by atoms with Crippen molar-refractivity contribution in [2.24, 2.45) is 0 Å². The number of carbonyl (C=O) groups excluding carboxylic acids is 2. The van der Waals surface area contributed by atoms with Crippen LogP contribution in [0.15, 0.2) is 98.1 Å². The molecule has 1 heterocycles. The first-order valence-electron chi connectivity index (χ1n) is 10.1. The highest BCUT2D eigenvalue weighted by atomic mass is 32.1. The van der Waals surface area contributed by atoms with Crippen LogP contribution in [0.4, 0.5) is 0 Å². The molecule has 31 heavy (non-hydrogen) atoms. The van der Waals surface area contributed by atoms with Gasteiger partial charge >= 0.3 is 0 Å². The Kier molecular flexibility index (Phi) is 6.06. The summed E-state index contributed by atoms with van der Waals surface area (Å²) >= 11 is 1.75. The Labute approximate surface area is 186 Å². The van der Waals surface area contributed by atoms with Gasteiger partial charge in [-0.25, -0.2) is 0 Å². The SMILES string of the molecule is C=CC(=O)Cc1ccc(-c2ccc(-c3ccc4cc(CC(=O)C=C)ccc4c3)s2)cc1. The topological polar surface area (TPSA) is 34.1 Å². The Balaban J connectivity index is 1.56. The van der Waals surface area contributed by atoms with E-state index in [1.807, 2.05) is 18.2 Å². The van der Waals surface area contributed by atoms with Crippen molar-refractivity contribution in [3.63, 3.8) is 0 Å². The van der Waals surface area contributed by atoms with Gasteiger partial charge in [-0.3, -0.25) is 9.59 Å². The molecule has 0 N–H and O–H groups in total. The fourth-order valence-electron chi connectivity index (χ4n) is 3.54. The summed E-state index contributed by atoms with van der Waals surface area (Å²) in [6.07, 6.45) is 3.51. The van der Waals surface area contributed by atoms with E-state index in [0.717, 1.165) is 27.5 Å². The van der Waals surface area contributed by atoms with Crippen LogP contribution in [0.3, 0.4) is 0 Å². The van der Waals surface area contributed by atoms with Gasteiger partial charge in [0.1, 0.15) is 0 Å². The third kappa shape index (κ3) is 4.79. The summed E-state index contributed by atoms with van der Waals surface area (Å²) in [6, 6.07) is 25.0. The average Bonchev–Trinajstić information content (AvgIpc) is 3.29. The van der Waals surface area contributed by atoms with Crippen molar-refractivity contribution < 1.29 is 9.59 Å². The van der Waals surface area contributed by atoms with Gasteiger partial charge in [0.2, 0.25) is 0 Å². The van der Waals surface area contributed by atoms with E-state index in [1.165, 1.54) is 27.5 Å². The van der Waals surface area contributed by atoms with E-state index < -0.39 is 0 Å². The van der Waals surface area contributed by atoms with E-state index in [9.17, 15) is 9.59 Å². The largest absolute Gasteiger partial charge is 0.295 e. The number of allylic oxidation sites excluding steroid dienone is 2. The van der Waals surface area contributed by atoms with Crippen molar-refractivity contribution in [3.8, 4) is 20.9 Å². The average molecular weight is 423 g/mol. The van der Waals surface area contributed by atoms with Crippen LogP contribution < -0.4 is 0 Å². The van der Waals surface area contributed by atoms with Crippen LogP contribution in [-0.2, 0) is 22.4 Å². The number of hydrogen-bond donors (Lipinski definition) is 0. The molecular weight excluding hydrogens is 400 g/mol. The molecule has 0 unspecified atom stereocenters. The Morgan fingerprint density at radius 3 is 1.84 bits per heavy atom. The first-order valence-corrected chi connectivity index (χ1v) is 10.9. The first kappa shape index (κ1) is 20.7. The van der Waals surface area contributed by atoms with Crippen LogP contribution in [0, 0.1) is 0 Å². The predicted octanol–water partition coefficient (Wildman–Crippen LogP) is 6.83. The van der Waals surface area contributed by atoms with Gasteiger partial charge in [-0.15, -0.1) is 11.3 Å². The highest BCUT2D eigenvalue weighted by Crippen LogP contribution is 2.35. The number of thiophene rings is 1. The molecule has 0 atom stereocenters. The summed E-state index contributed by atoms with van der Waals surface area (Å²) in [5, 5.41) is 2.28. The molecule has 0 spiro atoms. The fourth-order valence-corrected chi connectivity index (χ4v) is 4.55. The quantitative estimate of drug-likeness (QED) is 0.292. The van der Waals surface area contributed by atoms with Gasteiger partial charge in [-0.1, -0.05) is 67.8 Å². The van der Waals surface area contributed by atoms with Crippen molar-refractivity contribution in [2.75, 3.05) is 0 Å². The molecular formula is C28H22O2S. The van der Waals surface area contributed by atoms with Crippen molar-refractivity contribution in [1.29, 1.82) is 0 Å². The van der Waals surface area contributed by atoms with E-state index in [2.05, 4.69) is 67.8 Å². The van der Waals surface area contributed by atoms with E-state index >= 15 is 0 Å². The van der Waals surface area contributed by atoms with Gasteiger partial charge in [0, 0.05) is 22.6 Å². The zero-order chi connectivity index (χ0) is 21.8. The van der Waals surface area contributed by atoms with Gasteiger partial charge in [0.15, 0.2) is 11.6 Å². The lowest BCUT2D eigenvalue weighted by atomic mass is 10.0. The fraction of sp³-hybridized carbons (Fsp3) is 0.0714. The van der Waals surface area contributed by atoms with Crippen molar-refractivity contribution in [3.05, 3.63) is 109 Å². The molecule has 0 aliphatic heterocycles. The third-order valence-electron chi connectivity index (χ3n) is 5.25. The number of carbonyl (C=O) groups is 2. The van der Waals surface area contributed by atoms with Gasteiger partial charge in [-0.2, -0.15) is 0 Å². The van der Waals surface area contributed by atoms with E-state index in [1.54, 1.807) is 11.3 Å². The van der Waals surface area contributed by atoms with Gasteiger partial charge in [0.25, 0.3) is 0 Å². The highest BCUT2D eigenvalue weighted by Gasteiger charge is 2.08. The lowest BCUT2D eigenvalue weighted by molar-refractivity contribution is -0.114. The second-order valence-electron chi connectivity index (χ2n) is 7.45. The third-order valence-corrected chi connectivity index (χ3v) is 6.43. The van der Waals surface area contributed by atoms with Crippen LogP contribution >= 0.6 is 11.3 Å². The Morgan fingerprint density at radius 1 is 0.645 bits per heavy atom. The van der Waals surface area contributed by atoms with Crippen LogP contribution in [0.5, 0.6) is 0 Å². The molecule has 2 nitrogen and oxygen atoms in total. The lowest BCUT2D eigenvalue weighted by Crippen LogP contribution is -1.97. The minimum Gasteiger partial charge on any atom is -0.295 e. The summed E-state index contributed by atoms with van der Waals surface area (Å²) in [7, 11) is 0. The number of hydrogen-bond acceptors (Lipinski definition) is 3. The van der Waals surface area contributed by atoms with Crippen LogP contribution in [0.2, 0.25) is 0 Å². The summed E-state index contributed by atoms with van der Waals surface area (Å²) in [4.78, 5) is 25.5. The molecule has 3 aromatic carbocycles. The highest BCUT2D eigenvalue weighted by molar-refractivity contribution is 7.18. The van der Waals surface area contributed by atoms with Crippen molar-refractivity contribution >= 4 is 33.7 Å². The molecule has 3 heteroatoms. The van der Waals surface area contributed by atoms with Gasteiger partial charge in [0.05, 0.1) is 0 Å². The minimum absolute atomic E-state index is 0.0295.